The molecule has 0 spiro atoms. The number of nitrogens with one attached hydrogen (secondary N) is 3. The molecule has 7 nitrogen and oxygen atoms in total. The average Bonchev–Trinajstić information content (AvgIpc) is 3.10. The molecule has 3 aromatic rings. The van der Waals surface area contributed by atoms with E-state index in [9.17, 15) is 10.1 Å². The van der Waals surface area contributed by atoms with Crippen molar-refractivity contribution in [1.29, 1.82) is 5.26 Å². The second kappa shape index (κ2) is 7.19. The maximum atomic E-state index is 12.2. The molecule has 0 aliphatic carbocycles. The van der Waals surface area contributed by atoms with E-state index >= 15 is 0 Å². The fourth-order valence-electron chi connectivity index (χ4n) is 2.20. The second-order valence-electron chi connectivity index (χ2n) is 5.17. The van der Waals surface area contributed by atoms with Gasteiger partial charge in [-0.3, -0.25) is 9.89 Å². The fraction of sp³-hybridized carbons (Fsp3) is 0.0556. The van der Waals surface area contributed by atoms with E-state index in [-0.39, 0.29) is 5.57 Å². The molecule has 0 aliphatic rings. The third-order valence-corrected chi connectivity index (χ3v) is 3.54. The molecule has 0 saturated heterocycles. The van der Waals surface area contributed by atoms with Crippen molar-refractivity contribution in [3.63, 3.8) is 0 Å². The van der Waals surface area contributed by atoms with Gasteiger partial charge in [0.15, 0.2) is 0 Å². The first-order valence-electron chi connectivity index (χ1n) is 7.45. The lowest BCUT2D eigenvalue weighted by Crippen LogP contribution is -2.14. The van der Waals surface area contributed by atoms with Gasteiger partial charge in [0.25, 0.3) is 5.91 Å². The highest BCUT2D eigenvalue weighted by molar-refractivity contribution is 6.06. The zero-order valence-electron chi connectivity index (χ0n) is 13.4. The Hall–Kier alpha value is -3.79. The minimum Gasteiger partial charge on any atom is -0.497 e. The van der Waals surface area contributed by atoms with Gasteiger partial charge in [-0.1, -0.05) is 0 Å². The molecule has 0 atom stereocenters. The highest BCUT2D eigenvalue weighted by Crippen LogP contribution is 2.18. The summed E-state index contributed by atoms with van der Waals surface area (Å²) in [5.74, 6) is 0.188. The van der Waals surface area contributed by atoms with Crippen LogP contribution in [0.2, 0.25) is 0 Å². The lowest BCUT2D eigenvalue weighted by molar-refractivity contribution is -0.112. The van der Waals surface area contributed by atoms with Crippen molar-refractivity contribution in [3.05, 3.63) is 60.4 Å². The van der Waals surface area contributed by atoms with Crippen LogP contribution in [0.1, 0.15) is 0 Å². The summed E-state index contributed by atoms with van der Waals surface area (Å²) in [5, 5.41) is 22.6. The molecular formula is C18H15N5O2. The number of ether oxygens (including phenoxy) is 1. The van der Waals surface area contributed by atoms with Gasteiger partial charge in [-0.05, 0) is 42.5 Å². The first kappa shape index (κ1) is 16.1. The maximum Gasteiger partial charge on any atom is 0.267 e. The topological polar surface area (TPSA) is 103 Å². The Bertz CT molecular complexity index is 967. The number of fused-ring (bicyclic) bond motifs is 1. The first-order chi connectivity index (χ1) is 12.2. The molecule has 0 aliphatic heterocycles. The van der Waals surface area contributed by atoms with Crippen LogP contribution in [0.3, 0.4) is 0 Å². The molecule has 1 amide bonds. The van der Waals surface area contributed by atoms with E-state index in [4.69, 9.17) is 4.74 Å². The van der Waals surface area contributed by atoms with Gasteiger partial charge in [0.1, 0.15) is 17.4 Å². The summed E-state index contributed by atoms with van der Waals surface area (Å²) in [7, 11) is 1.57. The molecule has 1 aromatic heterocycles. The van der Waals surface area contributed by atoms with E-state index in [1.807, 2.05) is 24.3 Å². The molecule has 0 fully saturated rings. The Morgan fingerprint density at radius 1 is 1.24 bits per heavy atom. The largest absolute Gasteiger partial charge is 0.497 e. The molecule has 3 rings (SSSR count). The van der Waals surface area contributed by atoms with Crippen LogP contribution in [0, 0.1) is 11.3 Å². The molecule has 25 heavy (non-hydrogen) atoms. The number of anilines is 2. The number of methoxy groups -OCH3 is 1. The molecule has 0 radical (unpaired) electrons. The number of aromatic amines is 1. The number of aromatic nitrogens is 2. The standard InChI is InChI=1S/C18H15N5O2/c1-25-16-6-4-14(5-7-16)22-18(24)13(9-19)10-20-15-3-2-12-11-21-23-17(12)8-15/h2-8,10-11,20H,1H3,(H,21,23)(H,22,24)/b13-10-. The predicted octanol–water partition coefficient (Wildman–Crippen LogP) is 3.03. The van der Waals surface area contributed by atoms with Crippen molar-refractivity contribution >= 4 is 28.2 Å². The third kappa shape index (κ3) is 3.76. The van der Waals surface area contributed by atoms with Crippen molar-refractivity contribution < 1.29 is 9.53 Å². The van der Waals surface area contributed by atoms with Crippen LogP contribution in [0.25, 0.3) is 10.9 Å². The number of rotatable bonds is 5. The van der Waals surface area contributed by atoms with Crippen LogP contribution in [0.4, 0.5) is 11.4 Å². The van der Waals surface area contributed by atoms with Gasteiger partial charge in [-0.2, -0.15) is 10.4 Å². The molecule has 7 heteroatoms. The highest BCUT2D eigenvalue weighted by atomic mass is 16.5. The van der Waals surface area contributed by atoms with Gasteiger partial charge >= 0.3 is 0 Å². The number of hydrogen-bond acceptors (Lipinski definition) is 5. The Morgan fingerprint density at radius 2 is 2.00 bits per heavy atom. The van der Waals surface area contributed by atoms with Gasteiger partial charge in [-0.15, -0.1) is 0 Å². The van der Waals surface area contributed by atoms with Gasteiger partial charge < -0.3 is 15.4 Å². The van der Waals surface area contributed by atoms with Crippen molar-refractivity contribution in [1.82, 2.24) is 10.2 Å². The molecule has 1 heterocycles. The van der Waals surface area contributed by atoms with E-state index in [0.717, 1.165) is 16.6 Å². The molecule has 0 unspecified atom stereocenters. The number of carbonyl (C=O) groups excluding carboxylic acids is 1. The second-order valence-corrected chi connectivity index (χ2v) is 5.17. The quantitative estimate of drug-likeness (QED) is 0.492. The van der Waals surface area contributed by atoms with Gasteiger partial charge in [0.05, 0.1) is 18.8 Å². The SMILES string of the molecule is COc1ccc(NC(=O)/C(C#N)=C\Nc2ccc3cn[nH]c3c2)cc1. The summed E-state index contributed by atoms with van der Waals surface area (Å²) in [6.45, 7) is 0. The number of amides is 1. The van der Waals surface area contributed by atoms with Crippen LogP contribution >= 0.6 is 0 Å². The van der Waals surface area contributed by atoms with Gasteiger partial charge in [0, 0.05) is 23.0 Å². The summed E-state index contributed by atoms with van der Waals surface area (Å²) in [4.78, 5) is 12.2. The molecule has 2 aromatic carbocycles. The Kier molecular flexibility index (Phi) is 4.62. The smallest absolute Gasteiger partial charge is 0.267 e. The fourth-order valence-corrected chi connectivity index (χ4v) is 2.20. The number of carbonyl (C=O) groups is 1. The van der Waals surface area contributed by atoms with Crippen molar-refractivity contribution in [3.8, 4) is 11.8 Å². The van der Waals surface area contributed by atoms with E-state index in [1.54, 1.807) is 37.6 Å². The highest BCUT2D eigenvalue weighted by Gasteiger charge is 2.09. The van der Waals surface area contributed by atoms with E-state index in [0.29, 0.717) is 11.4 Å². The van der Waals surface area contributed by atoms with Gasteiger partial charge in [-0.25, -0.2) is 0 Å². The first-order valence-corrected chi connectivity index (χ1v) is 7.45. The number of H-pyrrole nitrogens is 1. The van der Waals surface area contributed by atoms with Crippen LogP contribution in [0.15, 0.2) is 60.4 Å². The Balaban J connectivity index is 1.70. The van der Waals surface area contributed by atoms with Crippen molar-refractivity contribution in [2.75, 3.05) is 17.7 Å². The zero-order valence-corrected chi connectivity index (χ0v) is 13.4. The molecule has 124 valence electrons. The number of benzene rings is 2. The van der Waals surface area contributed by atoms with Crippen LogP contribution in [-0.2, 0) is 4.79 Å². The van der Waals surface area contributed by atoms with Crippen molar-refractivity contribution in [2.24, 2.45) is 0 Å². The molecule has 0 bridgehead atoms. The van der Waals surface area contributed by atoms with Crippen LogP contribution in [-0.4, -0.2) is 23.2 Å². The minimum atomic E-state index is -0.497. The summed E-state index contributed by atoms with van der Waals surface area (Å²) in [6.07, 6.45) is 3.09. The Labute approximate surface area is 143 Å². The average molecular weight is 333 g/mol. The molecule has 3 N–H and O–H groups in total. The predicted molar refractivity (Wildman–Crippen MR) is 95.0 cm³/mol. The number of nitriles is 1. The van der Waals surface area contributed by atoms with Gasteiger partial charge in [0.2, 0.25) is 0 Å². The Morgan fingerprint density at radius 3 is 2.72 bits per heavy atom. The summed E-state index contributed by atoms with van der Waals surface area (Å²) < 4.78 is 5.06. The zero-order chi connectivity index (χ0) is 17.6. The number of hydrogen-bond donors (Lipinski definition) is 3. The normalized spacial score (nSPS) is 11.0. The lowest BCUT2D eigenvalue weighted by Gasteiger charge is -2.06. The minimum absolute atomic E-state index is 0.0412. The van der Waals surface area contributed by atoms with E-state index in [1.165, 1.54) is 6.20 Å². The number of nitrogens with zero attached hydrogens (tertiary/aromatic N) is 2. The maximum absolute atomic E-state index is 12.2. The van der Waals surface area contributed by atoms with E-state index in [2.05, 4.69) is 20.8 Å². The lowest BCUT2D eigenvalue weighted by atomic mass is 10.2. The molecular weight excluding hydrogens is 318 g/mol. The monoisotopic (exact) mass is 333 g/mol. The van der Waals surface area contributed by atoms with Crippen molar-refractivity contribution in [2.45, 2.75) is 0 Å². The summed E-state index contributed by atoms with van der Waals surface area (Å²) >= 11 is 0. The van der Waals surface area contributed by atoms with Crippen LogP contribution < -0.4 is 15.4 Å². The third-order valence-electron chi connectivity index (χ3n) is 3.54. The van der Waals surface area contributed by atoms with Crippen LogP contribution in [0.5, 0.6) is 5.75 Å². The summed E-state index contributed by atoms with van der Waals surface area (Å²) in [6, 6.07) is 14.3. The van der Waals surface area contributed by atoms with E-state index < -0.39 is 5.91 Å². The summed E-state index contributed by atoms with van der Waals surface area (Å²) in [5.41, 5.74) is 2.13. The molecule has 0 saturated carbocycles.